The molecule has 2 aromatic rings. The minimum Gasteiger partial charge on any atom is -0.492 e. The van der Waals surface area contributed by atoms with E-state index in [1.807, 2.05) is 26.0 Å². The number of carbonyl (C=O) groups is 1. The highest BCUT2D eigenvalue weighted by Crippen LogP contribution is 2.36. The maximum atomic E-state index is 12.0. The van der Waals surface area contributed by atoms with E-state index in [0.717, 1.165) is 38.0 Å². The van der Waals surface area contributed by atoms with Crippen molar-refractivity contribution in [3.05, 3.63) is 38.7 Å². The summed E-state index contributed by atoms with van der Waals surface area (Å²) in [5, 5.41) is 4.09. The Labute approximate surface area is 221 Å². The molecule has 1 aliphatic heterocycles. The van der Waals surface area contributed by atoms with Gasteiger partial charge in [-0.25, -0.2) is 9.97 Å². The molecule has 2 heterocycles. The van der Waals surface area contributed by atoms with Crippen LogP contribution in [0.25, 0.3) is 0 Å². The molecule has 1 aromatic heterocycles. The van der Waals surface area contributed by atoms with Crippen molar-refractivity contribution >= 4 is 46.6 Å². The monoisotopic (exact) mass is 544 g/mol. The van der Waals surface area contributed by atoms with Gasteiger partial charge in [-0.3, -0.25) is 9.69 Å². The summed E-state index contributed by atoms with van der Waals surface area (Å²) in [6.07, 6.45) is 1.73. The Hall–Kier alpha value is -2.00. The molecule has 1 N–H and O–H groups in total. The minimum absolute atomic E-state index is 0.0219. The zero-order valence-corrected chi connectivity index (χ0v) is 22.5. The normalized spacial score (nSPS) is 14.6. The van der Waals surface area contributed by atoms with E-state index < -0.39 is 0 Å². The number of benzene rings is 1. The van der Waals surface area contributed by atoms with Crippen molar-refractivity contribution in [1.82, 2.24) is 14.9 Å². The van der Waals surface area contributed by atoms with Crippen LogP contribution >= 0.6 is 34.8 Å². The number of nitrogens with one attached hydrogen (secondary N) is 1. The number of aromatic nitrogens is 2. The molecule has 11 heteroatoms. The van der Waals surface area contributed by atoms with E-state index in [9.17, 15) is 4.79 Å². The molecule has 0 unspecified atom stereocenters. The molecule has 1 saturated heterocycles. The highest BCUT2D eigenvalue weighted by atomic mass is 35.5. The van der Waals surface area contributed by atoms with Crippen molar-refractivity contribution in [1.29, 1.82) is 0 Å². The average Bonchev–Trinajstić information content (AvgIpc) is 2.81. The Morgan fingerprint density at radius 2 is 1.66 bits per heavy atom. The van der Waals surface area contributed by atoms with Crippen LogP contribution in [0, 0.1) is 0 Å². The van der Waals surface area contributed by atoms with Crippen molar-refractivity contribution < 1.29 is 19.0 Å². The smallest absolute Gasteiger partial charge is 0.310 e. The van der Waals surface area contributed by atoms with E-state index in [1.54, 1.807) is 6.92 Å². The van der Waals surface area contributed by atoms with Gasteiger partial charge in [0.05, 0.1) is 26.2 Å². The number of likely N-dealkylation sites (tertiary alicyclic amines) is 1. The molecular weight excluding hydrogens is 515 g/mol. The summed E-state index contributed by atoms with van der Waals surface area (Å²) >= 11 is 18.7. The van der Waals surface area contributed by atoms with Gasteiger partial charge in [0.1, 0.15) is 27.5 Å². The number of hydrogen-bond acceptors (Lipinski definition) is 8. The number of hydrogen-bond donors (Lipinski definition) is 1. The van der Waals surface area contributed by atoms with Crippen LogP contribution in [-0.2, 0) is 22.5 Å². The highest BCUT2D eigenvalue weighted by molar-refractivity contribution is 6.33. The van der Waals surface area contributed by atoms with Crippen molar-refractivity contribution in [3.63, 3.8) is 0 Å². The molecule has 1 aliphatic rings. The number of esters is 1. The van der Waals surface area contributed by atoms with Gasteiger partial charge in [0.2, 0.25) is 5.28 Å². The van der Waals surface area contributed by atoms with Gasteiger partial charge < -0.3 is 19.5 Å². The van der Waals surface area contributed by atoms with Crippen LogP contribution in [0.3, 0.4) is 0 Å². The standard InChI is InChI=1S/C24H31Cl3N4O4/c1-4-33-18-11-15(12-19(21(18)25)34-5-2)14-31-9-7-16(8-10-31)28-23-17(13-20(32)35-6-3)22(26)29-24(27)30-23/h11-12,16H,4-10,13-14H2,1-3H3,(H,28,29,30). The lowest BCUT2D eigenvalue weighted by molar-refractivity contribution is -0.142. The van der Waals surface area contributed by atoms with Crippen LogP contribution in [0.5, 0.6) is 11.5 Å². The van der Waals surface area contributed by atoms with Crippen molar-refractivity contribution in [2.45, 2.75) is 52.6 Å². The lowest BCUT2D eigenvalue weighted by Crippen LogP contribution is -2.39. The fourth-order valence-electron chi connectivity index (χ4n) is 3.99. The largest absolute Gasteiger partial charge is 0.492 e. The first-order chi connectivity index (χ1) is 16.8. The average molecular weight is 546 g/mol. The first kappa shape index (κ1) is 27.6. The van der Waals surface area contributed by atoms with Gasteiger partial charge in [0, 0.05) is 31.2 Å². The SMILES string of the molecule is CCOC(=O)Cc1c(Cl)nc(Cl)nc1NC1CCN(Cc2cc(OCC)c(Cl)c(OCC)c2)CC1. The number of nitrogens with zero attached hydrogens (tertiary/aromatic N) is 3. The number of ether oxygens (including phenoxy) is 3. The number of carbonyl (C=O) groups excluding carboxylic acids is 1. The number of rotatable bonds is 11. The molecule has 0 bridgehead atoms. The molecular formula is C24H31Cl3N4O4. The number of anilines is 1. The Morgan fingerprint density at radius 1 is 1.03 bits per heavy atom. The van der Waals surface area contributed by atoms with E-state index in [2.05, 4.69) is 20.2 Å². The lowest BCUT2D eigenvalue weighted by Gasteiger charge is -2.33. The van der Waals surface area contributed by atoms with Crippen LogP contribution in [-0.4, -0.2) is 59.8 Å². The van der Waals surface area contributed by atoms with Gasteiger partial charge in [-0.05, 0) is 62.9 Å². The van der Waals surface area contributed by atoms with Crippen LogP contribution in [0.4, 0.5) is 5.82 Å². The Morgan fingerprint density at radius 3 is 2.23 bits per heavy atom. The first-order valence-electron chi connectivity index (χ1n) is 11.8. The first-order valence-corrected chi connectivity index (χ1v) is 12.9. The third kappa shape index (κ3) is 7.74. The lowest BCUT2D eigenvalue weighted by atomic mass is 10.0. The zero-order valence-electron chi connectivity index (χ0n) is 20.2. The van der Waals surface area contributed by atoms with E-state index in [1.165, 1.54) is 0 Å². The van der Waals surface area contributed by atoms with E-state index >= 15 is 0 Å². The maximum absolute atomic E-state index is 12.0. The summed E-state index contributed by atoms with van der Waals surface area (Å²) in [5.74, 6) is 1.36. The summed E-state index contributed by atoms with van der Waals surface area (Å²) in [6.45, 7) is 9.45. The predicted molar refractivity (Wildman–Crippen MR) is 138 cm³/mol. The van der Waals surface area contributed by atoms with Crippen molar-refractivity contribution in [2.75, 3.05) is 38.2 Å². The molecule has 8 nitrogen and oxygen atoms in total. The topological polar surface area (TPSA) is 85.8 Å². The second-order valence-corrected chi connectivity index (χ2v) is 9.13. The van der Waals surface area contributed by atoms with Crippen molar-refractivity contribution in [2.24, 2.45) is 0 Å². The Balaban J connectivity index is 1.65. The van der Waals surface area contributed by atoms with Gasteiger partial charge in [0.15, 0.2) is 0 Å². The fourth-order valence-corrected chi connectivity index (χ4v) is 4.66. The van der Waals surface area contributed by atoms with Gasteiger partial charge >= 0.3 is 5.97 Å². The fraction of sp³-hybridized carbons (Fsp3) is 0.542. The van der Waals surface area contributed by atoms with Crippen LogP contribution in [0.2, 0.25) is 15.5 Å². The number of piperidine rings is 1. The van der Waals surface area contributed by atoms with Crippen LogP contribution in [0.15, 0.2) is 12.1 Å². The molecule has 0 aliphatic carbocycles. The second-order valence-electron chi connectivity index (χ2n) is 8.06. The van der Waals surface area contributed by atoms with Crippen molar-refractivity contribution in [3.8, 4) is 11.5 Å². The van der Waals surface area contributed by atoms with Crippen LogP contribution in [0.1, 0.15) is 44.7 Å². The van der Waals surface area contributed by atoms with Crippen LogP contribution < -0.4 is 14.8 Å². The summed E-state index contributed by atoms with van der Waals surface area (Å²) < 4.78 is 16.5. The molecule has 192 valence electrons. The summed E-state index contributed by atoms with van der Waals surface area (Å²) in [5.41, 5.74) is 1.57. The zero-order chi connectivity index (χ0) is 25.4. The maximum Gasteiger partial charge on any atom is 0.310 e. The molecule has 1 aromatic carbocycles. The third-order valence-corrected chi connectivity index (χ3v) is 6.41. The summed E-state index contributed by atoms with van der Waals surface area (Å²) in [4.78, 5) is 22.7. The van der Waals surface area contributed by atoms with Gasteiger partial charge in [0.25, 0.3) is 0 Å². The Bertz CT molecular complexity index is 989. The number of halogens is 3. The van der Waals surface area contributed by atoms with E-state index in [-0.39, 0.29) is 35.5 Å². The third-order valence-electron chi connectivity index (χ3n) is 5.56. The molecule has 3 rings (SSSR count). The molecule has 0 saturated carbocycles. The minimum atomic E-state index is -0.390. The second kappa shape index (κ2) is 13.3. The summed E-state index contributed by atoms with van der Waals surface area (Å²) in [6, 6.07) is 4.11. The Kier molecular flexibility index (Phi) is 10.5. The van der Waals surface area contributed by atoms with E-state index in [0.29, 0.717) is 41.1 Å². The molecule has 0 spiro atoms. The van der Waals surface area contributed by atoms with Gasteiger partial charge in [-0.2, -0.15) is 0 Å². The molecule has 35 heavy (non-hydrogen) atoms. The quantitative estimate of drug-likeness (QED) is 0.228. The highest BCUT2D eigenvalue weighted by Gasteiger charge is 2.24. The summed E-state index contributed by atoms with van der Waals surface area (Å²) in [7, 11) is 0. The molecule has 0 atom stereocenters. The molecule has 0 radical (unpaired) electrons. The molecule has 1 fully saturated rings. The molecule has 0 amide bonds. The van der Waals surface area contributed by atoms with Gasteiger partial charge in [-0.15, -0.1) is 0 Å². The van der Waals surface area contributed by atoms with E-state index in [4.69, 9.17) is 49.0 Å². The predicted octanol–water partition coefficient (Wildman–Crippen LogP) is 5.42. The van der Waals surface area contributed by atoms with Gasteiger partial charge in [-0.1, -0.05) is 23.2 Å².